The maximum atomic E-state index is 6.32. The fraction of sp³-hybridized carbons (Fsp3) is 0.714. The van der Waals surface area contributed by atoms with E-state index < -0.39 is 8.07 Å². The second-order valence-corrected chi connectivity index (χ2v) is 17.4. The molecule has 0 radical (unpaired) electrons. The van der Waals surface area contributed by atoms with Crippen LogP contribution in [0.15, 0.2) is 12.1 Å². The maximum absolute atomic E-state index is 6.32. The largest absolute Gasteiger partial charge is 0.490 e. The van der Waals surface area contributed by atoms with Gasteiger partial charge in [0, 0.05) is 23.3 Å². The van der Waals surface area contributed by atoms with E-state index in [1.165, 1.54) is 64.2 Å². The lowest BCUT2D eigenvalue weighted by Gasteiger charge is -2.38. The highest BCUT2D eigenvalue weighted by Crippen LogP contribution is 2.41. The molecule has 1 aromatic rings. The standard InChI is InChI=1S/C35H58O2Si/c1-10-13-15-17-19-21-24-36-34-27-32(12-3)33(23-26-38(29(4)5,30(6)7)31(8)9)28-35(34)37-25-22-20-18-16-14-11-2/h3,27-31H,10-11,13-22,24-25H2,1-2,4-9H3. The summed E-state index contributed by atoms with van der Waals surface area (Å²) in [5, 5.41) is 0. The predicted molar refractivity (Wildman–Crippen MR) is 170 cm³/mol. The number of terminal acetylenes is 1. The van der Waals surface area contributed by atoms with Gasteiger partial charge in [-0.15, -0.1) is 12.0 Å². The van der Waals surface area contributed by atoms with E-state index in [0.717, 1.165) is 35.5 Å². The summed E-state index contributed by atoms with van der Waals surface area (Å²) in [6.07, 6.45) is 20.9. The number of hydrogen-bond donors (Lipinski definition) is 0. The summed E-state index contributed by atoms with van der Waals surface area (Å²) in [6.45, 7) is 20.0. The van der Waals surface area contributed by atoms with Crippen LogP contribution in [0.4, 0.5) is 0 Å². The van der Waals surface area contributed by atoms with Crippen molar-refractivity contribution in [2.24, 2.45) is 0 Å². The van der Waals surface area contributed by atoms with Crippen LogP contribution in [0.5, 0.6) is 11.5 Å². The highest BCUT2D eigenvalue weighted by Gasteiger charge is 2.41. The van der Waals surface area contributed by atoms with Crippen molar-refractivity contribution in [2.75, 3.05) is 13.2 Å². The van der Waals surface area contributed by atoms with Crippen molar-refractivity contribution in [1.29, 1.82) is 0 Å². The van der Waals surface area contributed by atoms with Crippen molar-refractivity contribution in [1.82, 2.24) is 0 Å². The van der Waals surface area contributed by atoms with E-state index in [0.29, 0.717) is 29.8 Å². The number of ether oxygens (including phenoxy) is 2. The van der Waals surface area contributed by atoms with Crippen LogP contribution < -0.4 is 9.47 Å². The molecule has 0 bridgehead atoms. The molecule has 0 atom stereocenters. The van der Waals surface area contributed by atoms with Crippen molar-refractivity contribution in [3.8, 4) is 35.3 Å². The van der Waals surface area contributed by atoms with E-state index in [-0.39, 0.29) is 0 Å². The number of rotatable bonds is 19. The second-order valence-electron chi connectivity index (χ2n) is 11.9. The summed E-state index contributed by atoms with van der Waals surface area (Å²) >= 11 is 0. The average Bonchev–Trinajstić information content (AvgIpc) is 2.87. The Bertz CT molecular complexity index is 860. The Morgan fingerprint density at radius 3 is 1.42 bits per heavy atom. The zero-order valence-electron chi connectivity index (χ0n) is 26.2. The normalized spacial score (nSPS) is 11.5. The van der Waals surface area contributed by atoms with Crippen molar-refractivity contribution in [3.05, 3.63) is 23.3 Å². The Balaban J connectivity index is 3.16. The molecular weight excluding hydrogens is 480 g/mol. The molecule has 1 aromatic carbocycles. The van der Waals surface area contributed by atoms with E-state index in [9.17, 15) is 0 Å². The Morgan fingerprint density at radius 2 is 1.03 bits per heavy atom. The molecule has 0 saturated heterocycles. The minimum Gasteiger partial charge on any atom is -0.490 e. The van der Waals surface area contributed by atoms with Gasteiger partial charge in [0.15, 0.2) is 11.5 Å². The predicted octanol–water partition coefficient (Wildman–Crippen LogP) is 10.7. The maximum Gasteiger partial charge on any atom is 0.162 e. The molecule has 0 aliphatic carbocycles. The molecule has 0 fully saturated rings. The fourth-order valence-corrected chi connectivity index (χ4v) is 11.0. The molecule has 0 aliphatic heterocycles. The van der Waals surface area contributed by atoms with Crippen molar-refractivity contribution in [2.45, 2.75) is 149 Å². The number of unbranched alkanes of at least 4 members (excludes halogenated alkanes) is 10. The zero-order chi connectivity index (χ0) is 28.4. The molecule has 0 aliphatic rings. The van der Waals surface area contributed by atoms with Gasteiger partial charge in [-0.3, -0.25) is 0 Å². The van der Waals surface area contributed by atoms with Gasteiger partial charge in [-0.2, -0.15) is 0 Å². The molecule has 0 spiro atoms. The third-order valence-electron chi connectivity index (χ3n) is 8.03. The van der Waals surface area contributed by atoms with Gasteiger partial charge >= 0.3 is 0 Å². The van der Waals surface area contributed by atoms with Crippen LogP contribution in [0.1, 0.15) is 144 Å². The highest BCUT2D eigenvalue weighted by molar-refractivity contribution is 6.90. The third-order valence-corrected chi connectivity index (χ3v) is 14.3. The van der Waals surface area contributed by atoms with Crippen molar-refractivity contribution >= 4 is 8.07 Å². The number of hydrogen-bond acceptors (Lipinski definition) is 2. The van der Waals surface area contributed by atoms with Gasteiger partial charge < -0.3 is 9.47 Å². The van der Waals surface area contributed by atoms with E-state index in [1.54, 1.807) is 0 Å². The summed E-state index contributed by atoms with van der Waals surface area (Å²) in [5.74, 6) is 8.01. The van der Waals surface area contributed by atoms with Gasteiger partial charge in [0.25, 0.3) is 0 Å². The van der Waals surface area contributed by atoms with Crippen molar-refractivity contribution in [3.63, 3.8) is 0 Å². The van der Waals surface area contributed by atoms with Gasteiger partial charge in [-0.05, 0) is 29.5 Å². The smallest absolute Gasteiger partial charge is 0.162 e. The second kappa shape index (κ2) is 19.3. The molecule has 2 nitrogen and oxygen atoms in total. The van der Waals surface area contributed by atoms with Gasteiger partial charge in [0.2, 0.25) is 0 Å². The Morgan fingerprint density at radius 1 is 0.632 bits per heavy atom. The van der Waals surface area contributed by atoms with E-state index in [1.807, 2.05) is 6.07 Å². The highest BCUT2D eigenvalue weighted by atomic mass is 28.3. The summed E-state index contributed by atoms with van der Waals surface area (Å²) < 4.78 is 12.6. The van der Waals surface area contributed by atoms with Gasteiger partial charge in [0.05, 0.1) is 13.2 Å². The molecule has 38 heavy (non-hydrogen) atoms. The van der Waals surface area contributed by atoms with Gasteiger partial charge in [-0.25, -0.2) is 0 Å². The third kappa shape index (κ3) is 11.1. The Labute approximate surface area is 238 Å². The molecule has 3 heteroatoms. The quantitative estimate of drug-likeness (QED) is 0.0990. The first kappa shape index (κ1) is 34.2. The van der Waals surface area contributed by atoms with Crippen LogP contribution in [0, 0.1) is 23.8 Å². The molecule has 0 amide bonds. The first-order valence-corrected chi connectivity index (χ1v) is 17.9. The molecule has 0 N–H and O–H groups in total. The monoisotopic (exact) mass is 538 g/mol. The molecule has 0 saturated carbocycles. The zero-order valence-corrected chi connectivity index (χ0v) is 27.2. The molecule has 1 rings (SSSR count). The SMILES string of the molecule is C#Cc1cc(OCCCCCCCC)c(OCCCCCCCC)cc1C#C[Si](C(C)C)(C(C)C)C(C)C. The molecular formula is C35H58O2Si. The van der Waals surface area contributed by atoms with Crippen LogP contribution in [-0.4, -0.2) is 21.3 Å². The van der Waals surface area contributed by atoms with E-state index >= 15 is 0 Å². The van der Waals surface area contributed by atoms with Crippen LogP contribution in [-0.2, 0) is 0 Å². The van der Waals surface area contributed by atoms with Gasteiger partial charge in [-0.1, -0.05) is 131 Å². The average molecular weight is 539 g/mol. The lowest BCUT2D eigenvalue weighted by Crippen LogP contribution is -2.43. The van der Waals surface area contributed by atoms with Gasteiger partial charge in [0.1, 0.15) is 8.07 Å². The molecule has 0 heterocycles. The molecule has 0 aromatic heterocycles. The fourth-order valence-electron chi connectivity index (χ4n) is 5.75. The van der Waals surface area contributed by atoms with Crippen LogP contribution in [0.2, 0.25) is 16.6 Å². The van der Waals surface area contributed by atoms with Crippen LogP contribution in [0.3, 0.4) is 0 Å². The summed E-state index contributed by atoms with van der Waals surface area (Å²) in [5.41, 5.74) is 7.27. The lowest BCUT2D eigenvalue weighted by atomic mass is 10.1. The summed E-state index contributed by atoms with van der Waals surface area (Å²) in [7, 11) is -1.87. The van der Waals surface area contributed by atoms with E-state index in [4.69, 9.17) is 15.9 Å². The first-order chi connectivity index (χ1) is 18.2. The topological polar surface area (TPSA) is 18.5 Å². The Kier molecular flexibility index (Phi) is 17.3. The molecule has 214 valence electrons. The van der Waals surface area contributed by atoms with Crippen LogP contribution in [0.25, 0.3) is 0 Å². The van der Waals surface area contributed by atoms with E-state index in [2.05, 4.69) is 78.8 Å². The lowest BCUT2D eigenvalue weighted by molar-refractivity contribution is 0.258. The van der Waals surface area contributed by atoms with Crippen molar-refractivity contribution < 1.29 is 9.47 Å². The first-order valence-electron chi connectivity index (χ1n) is 15.7. The minimum atomic E-state index is -1.87. The molecule has 0 unspecified atom stereocenters. The Hall–Kier alpha value is -1.84. The summed E-state index contributed by atoms with van der Waals surface area (Å²) in [4.78, 5) is 0. The number of benzene rings is 1. The van der Waals surface area contributed by atoms with Crippen LogP contribution >= 0.6 is 0 Å². The summed E-state index contributed by atoms with van der Waals surface area (Å²) in [6, 6.07) is 4.04. The minimum absolute atomic E-state index is 0.577.